The summed E-state index contributed by atoms with van der Waals surface area (Å²) < 4.78 is 46.4. The van der Waals surface area contributed by atoms with E-state index >= 15 is 0 Å². The molecule has 0 N–H and O–H groups in total. The minimum atomic E-state index is -4.48. The lowest BCUT2D eigenvalue weighted by Gasteiger charge is -2.14. The normalized spacial score (nSPS) is 11.7. The molecule has 0 bridgehead atoms. The molecule has 0 fully saturated rings. The fourth-order valence-corrected chi connectivity index (χ4v) is 2.62. The second-order valence-electron chi connectivity index (χ2n) is 5.46. The largest absolute Gasteiger partial charge is 0.437 e. The molecule has 0 saturated carbocycles. The number of fused-ring (bicyclic) bond motifs is 1. The summed E-state index contributed by atoms with van der Waals surface area (Å²) in [5.41, 5.74) is 0.322. The average Bonchev–Trinajstić information content (AvgIpc) is 3.02. The van der Waals surface area contributed by atoms with Gasteiger partial charge in [-0.15, -0.1) is 15.3 Å². The molecule has 0 amide bonds. The number of rotatable bonds is 3. The molecule has 0 atom stereocenters. The zero-order chi connectivity index (χ0) is 19.0. The molecule has 3 heterocycles. The van der Waals surface area contributed by atoms with Crippen LogP contribution in [-0.4, -0.2) is 24.8 Å². The van der Waals surface area contributed by atoms with Gasteiger partial charge in [-0.25, -0.2) is 0 Å². The number of hydrogen-bond acceptors (Lipinski definition) is 5. The number of ether oxygens (including phenoxy) is 1. The van der Waals surface area contributed by atoms with Crippen LogP contribution in [-0.2, 0) is 6.18 Å². The summed E-state index contributed by atoms with van der Waals surface area (Å²) >= 11 is 5.88. The highest BCUT2D eigenvalue weighted by Crippen LogP contribution is 2.38. The summed E-state index contributed by atoms with van der Waals surface area (Å²) in [7, 11) is 0. The average molecular weight is 392 g/mol. The van der Waals surface area contributed by atoms with Crippen molar-refractivity contribution >= 4 is 17.2 Å². The molecule has 6 nitrogen and oxygen atoms in total. The minimum absolute atomic E-state index is 0.0374. The predicted octanol–water partition coefficient (Wildman–Crippen LogP) is 4.65. The van der Waals surface area contributed by atoms with Crippen molar-refractivity contribution < 1.29 is 17.9 Å². The van der Waals surface area contributed by atoms with Gasteiger partial charge in [0, 0.05) is 29.6 Å². The number of aromatic nitrogens is 5. The van der Waals surface area contributed by atoms with Crippen LogP contribution in [0.3, 0.4) is 0 Å². The van der Waals surface area contributed by atoms with Gasteiger partial charge < -0.3 is 4.74 Å². The van der Waals surface area contributed by atoms with E-state index in [1.807, 2.05) is 0 Å². The number of hydrogen-bond donors (Lipinski definition) is 0. The number of nitrogens with zero attached hydrogens (tertiary/aromatic N) is 5. The van der Waals surface area contributed by atoms with Crippen LogP contribution in [0.2, 0.25) is 5.28 Å². The lowest BCUT2D eigenvalue weighted by atomic mass is 10.0. The van der Waals surface area contributed by atoms with E-state index in [2.05, 4.69) is 20.3 Å². The molecular weight excluding hydrogens is 383 g/mol. The first kappa shape index (κ1) is 17.2. The van der Waals surface area contributed by atoms with Crippen LogP contribution >= 0.6 is 11.6 Å². The highest BCUT2D eigenvalue weighted by Gasteiger charge is 2.31. The van der Waals surface area contributed by atoms with Crippen LogP contribution in [0.1, 0.15) is 5.56 Å². The number of alkyl halides is 3. The molecule has 3 aromatic heterocycles. The molecule has 0 aliphatic heterocycles. The first-order chi connectivity index (χ1) is 12.9. The van der Waals surface area contributed by atoms with Crippen molar-refractivity contribution in [2.75, 3.05) is 0 Å². The molecule has 0 radical (unpaired) electrons. The Labute approximate surface area is 155 Å². The Balaban J connectivity index is 1.80. The van der Waals surface area contributed by atoms with Gasteiger partial charge in [-0.2, -0.15) is 17.7 Å². The van der Waals surface area contributed by atoms with Crippen molar-refractivity contribution in [3.63, 3.8) is 0 Å². The summed E-state index contributed by atoms with van der Waals surface area (Å²) in [4.78, 5) is 3.96. The molecule has 0 aliphatic rings. The highest BCUT2D eigenvalue weighted by molar-refractivity contribution is 6.28. The van der Waals surface area contributed by atoms with E-state index in [1.54, 1.807) is 18.2 Å². The molecule has 0 spiro atoms. The summed E-state index contributed by atoms with van der Waals surface area (Å²) in [6.45, 7) is 0. The lowest BCUT2D eigenvalue weighted by Crippen LogP contribution is -2.05. The molecular formula is C17H9ClF3N5O. The zero-order valence-electron chi connectivity index (χ0n) is 13.4. The maximum absolute atomic E-state index is 13.1. The molecule has 136 valence electrons. The second-order valence-corrected chi connectivity index (χ2v) is 5.80. The molecule has 1 aromatic carbocycles. The first-order valence-electron chi connectivity index (χ1n) is 7.59. The number of pyridine rings is 1. The van der Waals surface area contributed by atoms with Gasteiger partial charge >= 0.3 is 6.18 Å². The van der Waals surface area contributed by atoms with Crippen LogP contribution < -0.4 is 4.74 Å². The smallest absolute Gasteiger partial charge is 0.416 e. The van der Waals surface area contributed by atoms with Gasteiger partial charge in [0.2, 0.25) is 11.2 Å². The second kappa shape index (κ2) is 6.51. The Kier molecular flexibility index (Phi) is 4.15. The quantitative estimate of drug-likeness (QED) is 0.508. The Bertz CT molecular complexity index is 1110. The fourth-order valence-electron chi connectivity index (χ4n) is 2.46. The lowest BCUT2D eigenvalue weighted by molar-refractivity contribution is -0.137. The maximum atomic E-state index is 13.1. The van der Waals surface area contributed by atoms with Gasteiger partial charge in [-0.05, 0) is 41.9 Å². The van der Waals surface area contributed by atoms with E-state index in [1.165, 1.54) is 29.0 Å². The van der Waals surface area contributed by atoms with E-state index in [0.29, 0.717) is 11.2 Å². The standard InChI is InChI=1S/C17H9ClF3N5O/c18-16-24-23-14-5-6-15(25-26(14)16)27-13-4-3-11(17(19,20)21)8-12(13)10-2-1-7-22-9-10/h1-9H. The van der Waals surface area contributed by atoms with Gasteiger partial charge in [0.25, 0.3) is 0 Å². The Morgan fingerprint density at radius 2 is 1.89 bits per heavy atom. The Morgan fingerprint density at radius 1 is 1.04 bits per heavy atom. The SMILES string of the molecule is FC(F)(F)c1ccc(Oc2ccc3nnc(Cl)n3n2)c(-c2cccnc2)c1. The summed E-state index contributed by atoms with van der Waals surface area (Å²) in [5.74, 6) is 0.307. The predicted molar refractivity (Wildman–Crippen MR) is 90.5 cm³/mol. The Hall–Kier alpha value is -3.20. The molecule has 27 heavy (non-hydrogen) atoms. The van der Waals surface area contributed by atoms with Crippen LogP contribution in [0.25, 0.3) is 16.8 Å². The summed E-state index contributed by atoms with van der Waals surface area (Å²) in [6.07, 6.45) is -1.50. The summed E-state index contributed by atoms with van der Waals surface area (Å²) in [6, 6.07) is 9.56. The van der Waals surface area contributed by atoms with Crippen molar-refractivity contribution in [1.29, 1.82) is 0 Å². The third-order valence-electron chi connectivity index (χ3n) is 3.69. The van der Waals surface area contributed by atoms with E-state index in [9.17, 15) is 13.2 Å². The minimum Gasteiger partial charge on any atom is -0.437 e. The van der Waals surface area contributed by atoms with Crippen LogP contribution in [0.15, 0.2) is 54.9 Å². The van der Waals surface area contributed by atoms with Gasteiger partial charge in [0.1, 0.15) is 5.75 Å². The fraction of sp³-hybridized carbons (Fsp3) is 0.0588. The van der Waals surface area contributed by atoms with Crippen molar-refractivity contribution in [3.8, 4) is 22.8 Å². The first-order valence-corrected chi connectivity index (χ1v) is 7.97. The van der Waals surface area contributed by atoms with Crippen molar-refractivity contribution in [3.05, 3.63) is 65.7 Å². The van der Waals surface area contributed by atoms with Gasteiger partial charge in [0.15, 0.2) is 5.65 Å². The van der Waals surface area contributed by atoms with Gasteiger partial charge in [-0.3, -0.25) is 4.98 Å². The molecule has 10 heteroatoms. The van der Waals surface area contributed by atoms with Crippen LogP contribution in [0, 0.1) is 0 Å². The van der Waals surface area contributed by atoms with Crippen molar-refractivity contribution in [1.82, 2.24) is 24.8 Å². The van der Waals surface area contributed by atoms with Gasteiger partial charge in [-0.1, -0.05) is 6.07 Å². The molecule has 4 aromatic rings. The van der Waals surface area contributed by atoms with E-state index < -0.39 is 11.7 Å². The Morgan fingerprint density at radius 3 is 2.63 bits per heavy atom. The van der Waals surface area contributed by atoms with Crippen molar-refractivity contribution in [2.24, 2.45) is 0 Å². The topological polar surface area (TPSA) is 65.2 Å². The highest BCUT2D eigenvalue weighted by atomic mass is 35.5. The van der Waals surface area contributed by atoms with Crippen molar-refractivity contribution in [2.45, 2.75) is 6.18 Å². The zero-order valence-corrected chi connectivity index (χ0v) is 14.1. The molecule has 4 rings (SSSR count). The monoisotopic (exact) mass is 391 g/mol. The molecule has 0 unspecified atom stereocenters. The molecule has 0 saturated heterocycles. The van der Waals surface area contributed by atoms with Crippen LogP contribution in [0.5, 0.6) is 11.6 Å². The third kappa shape index (κ3) is 3.41. The molecule has 0 aliphatic carbocycles. The third-order valence-corrected chi connectivity index (χ3v) is 3.93. The number of benzene rings is 1. The maximum Gasteiger partial charge on any atom is 0.416 e. The van der Waals surface area contributed by atoms with E-state index in [4.69, 9.17) is 16.3 Å². The summed E-state index contributed by atoms with van der Waals surface area (Å²) in [5, 5.41) is 11.6. The van der Waals surface area contributed by atoms with E-state index in [0.717, 1.165) is 12.1 Å². The van der Waals surface area contributed by atoms with Gasteiger partial charge in [0.05, 0.1) is 5.56 Å². The van der Waals surface area contributed by atoms with Crippen LogP contribution in [0.4, 0.5) is 13.2 Å². The number of halogens is 4. The van der Waals surface area contributed by atoms with E-state index in [-0.39, 0.29) is 22.5 Å².